The summed E-state index contributed by atoms with van der Waals surface area (Å²) in [4.78, 5) is 0. The van der Waals surface area contributed by atoms with E-state index in [1.54, 1.807) is 4.31 Å². The summed E-state index contributed by atoms with van der Waals surface area (Å²) in [6.07, 6.45) is 4.41. The third kappa shape index (κ3) is 4.62. The molecular formula is C13H26N2O2S2. The zero-order valence-electron chi connectivity index (χ0n) is 12.2. The Balaban J connectivity index is 1.80. The van der Waals surface area contributed by atoms with Crippen molar-refractivity contribution in [3.63, 3.8) is 0 Å². The minimum absolute atomic E-state index is 0.425. The van der Waals surface area contributed by atoms with Crippen LogP contribution in [0.15, 0.2) is 0 Å². The van der Waals surface area contributed by atoms with Gasteiger partial charge in [0.25, 0.3) is 0 Å². The zero-order chi connectivity index (χ0) is 14.1. The van der Waals surface area contributed by atoms with Crippen molar-refractivity contribution >= 4 is 21.8 Å². The number of piperidine rings is 1. The van der Waals surface area contributed by atoms with Gasteiger partial charge in [-0.2, -0.15) is 11.8 Å². The standard InChI is InChI=1S/C13H26N2O2S2/c1-13(2)8-12(9-18-10-13)14-11-4-6-15(7-5-11)19(3,16)17/h11-12,14H,4-10H2,1-3H3. The van der Waals surface area contributed by atoms with E-state index >= 15 is 0 Å². The van der Waals surface area contributed by atoms with E-state index in [1.165, 1.54) is 24.2 Å². The molecule has 0 radical (unpaired) electrons. The predicted octanol–water partition coefficient (Wildman–Crippen LogP) is 1.53. The molecule has 2 rings (SSSR count). The van der Waals surface area contributed by atoms with Crippen LogP contribution in [-0.2, 0) is 10.0 Å². The summed E-state index contributed by atoms with van der Waals surface area (Å²) in [5, 5.41) is 3.74. The summed E-state index contributed by atoms with van der Waals surface area (Å²) in [5.74, 6) is 2.44. The second kappa shape index (κ2) is 5.92. The molecule has 2 heterocycles. The van der Waals surface area contributed by atoms with Crippen molar-refractivity contribution in [2.24, 2.45) is 5.41 Å². The molecule has 0 spiro atoms. The summed E-state index contributed by atoms with van der Waals surface area (Å²) in [6.45, 7) is 6.00. The monoisotopic (exact) mass is 306 g/mol. The highest BCUT2D eigenvalue weighted by Gasteiger charge is 2.31. The Morgan fingerprint density at radius 2 is 1.84 bits per heavy atom. The van der Waals surface area contributed by atoms with E-state index in [4.69, 9.17) is 0 Å². The highest BCUT2D eigenvalue weighted by atomic mass is 32.2. The number of nitrogens with one attached hydrogen (secondary N) is 1. The van der Waals surface area contributed by atoms with Crippen molar-refractivity contribution in [2.45, 2.75) is 45.2 Å². The smallest absolute Gasteiger partial charge is 0.211 e. The summed E-state index contributed by atoms with van der Waals surface area (Å²) >= 11 is 2.03. The highest BCUT2D eigenvalue weighted by Crippen LogP contribution is 2.33. The van der Waals surface area contributed by atoms with Crippen LogP contribution in [0, 0.1) is 5.41 Å². The molecule has 19 heavy (non-hydrogen) atoms. The first kappa shape index (κ1) is 15.6. The number of rotatable bonds is 3. The predicted molar refractivity (Wildman–Crippen MR) is 82.1 cm³/mol. The average Bonchev–Trinajstić information content (AvgIpc) is 2.27. The SMILES string of the molecule is CC1(C)CSCC(NC2CCN(S(C)(=O)=O)CC2)C1. The van der Waals surface area contributed by atoms with Gasteiger partial charge in [-0.15, -0.1) is 0 Å². The Hall–Kier alpha value is 0.220. The molecular weight excluding hydrogens is 280 g/mol. The number of hydrogen-bond acceptors (Lipinski definition) is 4. The molecule has 4 nitrogen and oxygen atoms in total. The molecule has 0 bridgehead atoms. The van der Waals surface area contributed by atoms with E-state index < -0.39 is 10.0 Å². The molecule has 0 saturated carbocycles. The van der Waals surface area contributed by atoms with Crippen LogP contribution in [0.2, 0.25) is 0 Å². The Kier molecular flexibility index (Phi) is 4.86. The van der Waals surface area contributed by atoms with Crippen molar-refractivity contribution in [3.05, 3.63) is 0 Å². The van der Waals surface area contributed by atoms with E-state index in [1.807, 2.05) is 11.8 Å². The van der Waals surface area contributed by atoms with Crippen LogP contribution in [-0.4, -0.2) is 55.7 Å². The van der Waals surface area contributed by atoms with Crippen LogP contribution in [0.1, 0.15) is 33.1 Å². The van der Waals surface area contributed by atoms with Gasteiger partial charge in [0.1, 0.15) is 0 Å². The third-order valence-electron chi connectivity index (χ3n) is 4.01. The first-order chi connectivity index (χ1) is 8.76. The molecule has 0 aromatic carbocycles. The van der Waals surface area contributed by atoms with E-state index in [-0.39, 0.29) is 0 Å². The molecule has 2 aliphatic rings. The lowest BCUT2D eigenvalue weighted by Gasteiger charge is -2.39. The van der Waals surface area contributed by atoms with E-state index in [0.717, 1.165) is 12.8 Å². The topological polar surface area (TPSA) is 49.4 Å². The largest absolute Gasteiger partial charge is 0.310 e. The van der Waals surface area contributed by atoms with Gasteiger partial charge >= 0.3 is 0 Å². The van der Waals surface area contributed by atoms with Crippen LogP contribution in [0.5, 0.6) is 0 Å². The molecule has 112 valence electrons. The molecule has 6 heteroatoms. The molecule has 1 N–H and O–H groups in total. The molecule has 1 unspecified atom stereocenters. The number of sulfonamides is 1. The first-order valence-electron chi connectivity index (χ1n) is 7.05. The minimum Gasteiger partial charge on any atom is -0.310 e. The molecule has 2 saturated heterocycles. The highest BCUT2D eigenvalue weighted by molar-refractivity contribution is 7.99. The van der Waals surface area contributed by atoms with Crippen molar-refractivity contribution < 1.29 is 8.42 Å². The van der Waals surface area contributed by atoms with Gasteiger partial charge in [-0.1, -0.05) is 13.8 Å². The van der Waals surface area contributed by atoms with Gasteiger partial charge < -0.3 is 5.32 Å². The van der Waals surface area contributed by atoms with E-state index in [0.29, 0.717) is 30.6 Å². The molecule has 0 aromatic heterocycles. The van der Waals surface area contributed by atoms with Crippen molar-refractivity contribution in [2.75, 3.05) is 30.9 Å². The number of nitrogens with zero attached hydrogens (tertiary/aromatic N) is 1. The maximum absolute atomic E-state index is 11.5. The van der Waals surface area contributed by atoms with Crippen LogP contribution in [0.25, 0.3) is 0 Å². The van der Waals surface area contributed by atoms with Crippen LogP contribution in [0.4, 0.5) is 0 Å². The lowest BCUT2D eigenvalue weighted by atomic mass is 9.87. The zero-order valence-corrected chi connectivity index (χ0v) is 13.8. The Morgan fingerprint density at radius 1 is 1.21 bits per heavy atom. The van der Waals surface area contributed by atoms with Gasteiger partial charge in [0.15, 0.2) is 0 Å². The van der Waals surface area contributed by atoms with Gasteiger partial charge in [0.05, 0.1) is 6.26 Å². The fraction of sp³-hybridized carbons (Fsp3) is 1.00. The fourth-order valence-electron chi connectivity index (χ4n) is 3.06. The Labute approximate surface area is 121 Å². The van der Waals surface area contributed by atoms with Gasteiger partial charge in [-0.3, -0.25) is 0 Å². The number of thioether (sulfide) groups is 1. The average molecular weight is 306 g/mol. The van der Waals surface area contributed by atoms with Crippen molar-refractivity contribution in [1.82, 2.24) is 9.62 Å². The Bertz CT molecular complexity index is 401. The van der Waals surface area contributed by atoms with Crippen LogP contribution in [0.3, 0.4) is 0 Å². The maximum Gasteiger partial charge on any atom is 0.211 e. The van der Waals surface area contributed by atoms with Gasteiger partial charge in [-0.25, -0.2) is 12.7 Å². The second-order valence-corrected chi connectivity index (χ2v) is 9.70. The second-order valence-electron chi connectivity index (χ2n) is 6.68. The molecule has 0 aromatic rings. The quantitative estimate of drug-likeness (QED) is 0.859. The van der Waals surface area contributed by atoms with Gasteiger partial charge in [0, 0.05) is 30.9 Å². The molecule has 2 fully saturated rings. The Morgan fingerprint density at radius 3 is 2.37 bits per heavy atom. The molecule has 2 aliphatic heterocycles. The normalized spacial score (nSPS) is 30.4. The van der Waals surface area contributed by atoms with E-state index in [2.05, 4.69) is 19.2 Å². The van der Waals surface area contributed by atoms with Crippen LogP contribution < -0.4 is 5.32 Å². The van der Waals surface area contributed by atoms with Crippen molar-refractivity contribution in [3.8, 4) is 0 Å². The molecule has 1 atom stereocenters. The lowest BCUT2D eigenvalue weighted by molar-refractivity contribution is 0.247. The summed E-state index contributed by atoms with van der Waals surface area (Å²) in [6, 6.07) is 1.07. The van der Waals surface area contributed by atoms with Crippen molar-refractivity contribution in [1.29, 1.82) is 0 Å². The molecule has 0 amide bonds. The summed E-state index contributed by atoms with van der Waals surface area (Å²) in [7, 11) is -3.00. The van der Waals surface area contributed by atoms with Crippen LogP contribution >= 0.6 is 11.8 Å². The fourth-order valence-corrected chi connectivity index (χ4v) is 5.22. The van der Waals surface area contributed by atoms with Gasteiger partial charge in [-0.05, 0) is 30.4 Å². The summed E-state index contributed by atoms with van der Waals surface area (Å²) < 4.78 is 24.5. The minimum atomic E-state index is -3.00. The van der Waals surface area contributed by atoms with E-state index in [9.17, 15) is 8.42 Å². The first-order valence-corrected chi connectivity index (χ1v) is 10.1. The third-order valence-corrected chi connectivity index (χ3v) is 6.93. The molecule has 0 aliphatic carbocycles. The van der Waals surface area contributed by atoms with Gasteiger partial charge in [0.2, 0.25) is 10.0 Å². The lowest BCUT2D eigenvalue weighted by Crippen LogP contribution is -2.50. The maximum atomic E-state index is 11.5. The number of hydrogen-bond donors (Lipinski definition) is 1. The summed E-state index contributed by atoms with van der Waals surface area (Å²) in [5.41, 5.74) is 0.425.